The molecule has 0 aromatic heterocycles. The van der Waals surface area contributed by atoms with E-state index in [1.807, 2.05) is 18.2 Å². The molecular weight excluding hydrogens is 728 g/mol. The van der Waals surface area contributed by atoms with Gasteiger partial charge >= 0.3 is 5.97 Å². The van der Waals surface area contributed by atoms with Crippen molar-refractivity contribution in [3.63, 3.8) is 0 Å². The van der Waals surface area contributed by atoms with Crippen molar-refractivity contribution in [2.24, 2.45) is 0 Å². The lowest BCUT2D eigenvalue weighted by Gasteiger charge is -2.22. The minimum absolute atomic E-state index is 0.256. The molecule has 2 aromatic rings. The van der Waals surface area contributed by atoms with Gasteiger partial charge in [0, 0.05) is 47.4 Å². The zero-order valence-electron chi connectivity index (χ0n) is 34.8. The summed E-state index contributed by atoms with van der Waals surface area (Å²) < 4.78 is 48.9. The number of carbonyl (C=O) groups is 1. The molecule has 0 amide bonds. The van der Waals surface area contributed by atoms with E-state index in [-0.39, 0.29) is 5.97 Å². The van der Waals surface area contributed by atoms with Gasteiger partial charge < -0.3 is 14.1 Å². The Morgan fingerprint density at radius 1 is 0.661 bits per heavy atom. The van der Waals surface area contributed by atoms with Crippen LogP contribution in [0.4, 0.5) is 5.69 Å². The van der Waals surface area contributed by atoms with Crippen molar-refractivity contribution in [1.82, 2.24) is 4.58 Å². The number of fused-ring (bicyclic) bond motifs is 2. The van der Waals surface area contributed by atoms with E-state index in [4.69, 9.17) is 27.8 Å². The van der Waals surface area contributed by atoms with Gasteiger partial charge in [-0.3, -0.25) is 0 Å². The Labute approximate surface area is 338 Å². The van der Waals surface area contributed by atoms with E-state index < -0.39 is 10.2 Å². The first-order chi connectivity index (χ1) is 27.1. The van der Waals surface area contributed by atoms with E-state index in [2.05, 4.69) is 86.6 Å². The van der Waals surface area contributed by atoms with Crippen molar-refractivity contribution in [3.05, 3.63) is 71.6 Å². The Bertz CT molecular complexity index is 1750. The van der Waals surface area contributed by atoms with Crippen molar-refractivity contribution in [1.29, 1.82) is 0 Å². The Hall–Kier alpha value is -3.47. The van der Waals surface area contributed by atoms with Gasteiger partial charge in [0.1, 0.15) is 24.4 Å². The summed E-state index contributed by atoms with van der Waals surface area (Å²) in [5.74, 6) is 0.558. The van der Waals surface area contributed by atoms with Crippen molar-refractivity contribution < 1.29 is 42.8 Å². The molecule has 1 aliphatic carbocycles. The fourth-order valence-electron chi connectivity index (χ4n) is 7.50. The molecule has 1 heterocycles. The summed E-state index contributed by atoms with van der Waals surface area (Å²) in [5, 5.41) is 2.12. The van der Waals surface area contributed by atoms with Crippen LogP contribution in [0.25, 0.3) is 33.4 Å². The molecule has 10 heteroatoms. The molecule has 0 fully saturated rings. The second kappa shape index (κ2) is 25.7. The third kappa shape index (κ3) is 15.8. The zero-order valence-corrected chi connectivity index (χ0v) is 35.5. The van der Waals surface area contributed by atoms with Crippen LogP contribution >= 0.6 is 0 Å². The van der Waals surface area contributed by atoms with Crippen molar-refractivity contribution >= 4 is 22.6 Å². The number of hydrogen-bond acceptors (Lipinski definition) is 8. The number of carbonyl (C=O) groups excluding carboxylic acids is 1. The van der Waals surface area contributed by atoms with Gasteiger partial charge in [-0.05, 0) is 63.9 Å². The minimum Gasteiger partial charge on any atom is -0.462 e. The lowest BCUT2D eigenvalue weighted by molar-refractivity contribution is -2.00. The molecular formula is C46H67ClN2O7. The van der Waals surface area contributed by atoms with Gasteiger partial charge in [0.15, 0.2) is 0 Å². The van der Waals surface area contributed by atoms with E-state index >= 15 is 0 Å². The topological polar surface area (TPSA) is 138 Å². The van der Waals surface area contributed by atoms with Gasteiger partial charge in [-0.15, -0.1) is 10.2 Å². The van der Waals surface area contributed by atoms with Crippen LogP contribution in [-0.2, 0) is 4.74 Å². The Morgan fingerprint density at radius 2 is 1.20 bits per heavy atom. The molecule has 56 heavy (non-hydrogen) atoms. The Morgan fingerprint density at radius 3 is 1.73 bits per heavy atom. The summed E-state index contributed by atoms with van der Waals surface area (Å²) in [4.78, 5) is 16.0. The first kappa shape index (κ1) is 46.9. The van der Waals surface area contributed by atoms with Gasteiger partial charge in [-0.2, -0.15) is 0 Å². The number of anilines is 1. The van der Waals surface area contributed by atoms with Gasteiger partial charge in [0.05, 0.1) is 18.2 Å². The third-order valence-electron chi connectivity index (χ3n) is 10.6. The fraction of sp³-hybridized carbons (Fsp3) is 0.565. The molecule has 0 spiro atoms. The predicted octanol–water partition coefficient (Wildman–Crippen LogP) is 7.53. The summed E-state index contributed by atoms with van der Waals surface area (Å²) >= 11 is 0. The summed E-state index contributed by atoms with van der Waals surface area (Å²) in [5.41, 5.74) is 5.43. The molecule has 0 radical (unpaired) electrons. The fourth-order valence-corrected chi connectivity index (χ4v) is 7.50. The maximum atomic E-state index is 13.7. The van der Waals surface area contributed by atoms with Gasteiger partial charge in [0.2, 0.25) is 5.36 Å². The minimum atomic E-state index is -4.94. The number of esters is 1. The first-order valence-corrected chi connectivity index (χ1v) is 22.5. The normalized spacial score (nSPS) is 11.4. The van der Waals surface area contributed by atoms with Crippen LogP contribution in [0.1, 0.15) is 148 Å². The van der Waals surface area contributed by atoms with E-state index in [1.54, 1.807) is 0 Å². The number of ether oxygens (including phenoxy) is 1. The molecule has 0 bridgehead atoms. The van der Waals surface area contributed by atoms with E-state index in [0.717, 1.165) is 83.5 Å². The number of benzene rings is 3. The smallest absolute Gasteiger partial charge is 0.338 e. The Kier molecular flexibility index (Phi) is 21.5. The molecule has 0 saturated carbocycles. The number of rotatable bonds is 24. The predicted molar refractivity (Wildman–Crippen MR) is 218 cm³/mol. The molecule has 0 saturated heterocycles. The van der Waals surface area contributed by atoms with Gasteiger partial charge in [-0.1, -0.05) is 121 Å². The van der Waals surface area contributed by atoms with Crippen LogP contribution in [0.3, 0.4) is 0 Å². The highest BCUT2D eigenvalue weighted by Crippen LogP contribution is 2.42. The number of nitrogens with zero attached hydrogens (tertiary/aromatic N) is 2. The molecule has 2 aromatic carbocycles. The second-order valence-corrected chi connectivity index (χ2v) is 15.3. The molecule has 0 atom stereocenters. The van der Waals surface area contributed by atoms with Gasteiger partial charge in [0.25, 0.3) is 0 Å². The first-order valence-electron chi connectivity index (χ1n) is 21.3. The quantitative estimate of drug-likeness (QED) is 0.0307. The standard InChI is InChI=1S/C46H67N2O3.ClHO4/c1-6-11-12-13-14-15-16-17-18-19-20-21-22-23-24-27-34-50-46(49)40-29-26-25-28-39(40)45-41-32-30-37(47(7-2)8-3)35-43(41)51-44-36-38(31-33-42(44)45)48(9-4)10-5;2-1(3,4)5/h25-26,28-33,35-36H,6-24,27,34H2,1-5H3;(H,2,3,4,5)/q+1;/p-1. The van der Waals surface area contributed by atoms with Crippen LogP contribution in [0, 0.1) is 10.2 Å². The van der Waals surface area contributed by atoms with E-state index in [9.17, 15) is 4.79 Å². The van der Waals surface area contributed by atoms with Crippen molar-refractivity contribution in [2.45, 2.75) is 137 Å². The molecule has 9 nitrogen and oxygen atoms in total. The zero-order chi connectivity index (χ0) is 40.8. The number of hydrogen-bond donors (Lipinski definition) is 0. The average molecular weight is 796 g/mol. The average Bonchev–Trinajstić information content (AvgIpc) is 3.18. The van der Waals surface area contributed by atoms with Crippen molar-refractivity contribution in [2.75, 3.05) is 37.7 Å². The van der Waals surface area contributed by atoms with Crippen LogP contribution < -0.4 is 33.5 Å². The number of unbranched alkanes of at least 4 members (excludes halogenated alkanes) is 15. The third-order valence-corrected chi connectivity index (χ3v) is 10.6. The SMILES string of the molecule is CCCCCCCCCCCCCCCCCCOC(=O)c1ccccc1-c1c2ccc(=[N+](CC)CC)cc-2oc2cc(N(CC)CC)ccc12.[O-][Cl+3]([O-])([O-])[O-]. The summed E-state index contributed by atoms with van der Waals surface area (Å²) in [6.45, 7) is 15.1. The summed E-state index contributed by atoms with van der Waals surface area (Å²) in [6.07, 6.45) is 21.2. The highest BCUT2D eigenvalue weighted by atomic mass is 35.7. The van der Waals surface area contributed by atoms with E-state index in [0.29, 0.717) is 12.2 Å². The maximum absolute atomic E-state index is 13.7. The molecule has 2 aliphatic rings. The van der Waals surface area contributed by atoms with Crippen LogP contribution in [0.5, 0.6) is 0 Å². The molecule has 4 rings (SSSR count). The maximum Gasteiger partial charge on any atom is 0.338 e. The van der Waals surface area contributed by atoms with Crippen LogP contribution in [0.2, 0.25) is 0 Å². The lowest BCUT2D eigenvalue weighted by atomic mass is 9.90. The molecule has 310 valence electrons. The van der Waals surface area contributed by atoms with Crippen molar-refractivity contribution in [3.8, 4) is 22.5 Å². The van der Waals surface area contributed by atoms with Gasteiger partial charge in [-0.25, -0.2) is 28.0 Å². The monoisotopic (exact) mass is 794 g/mol. The highest BCUT2D eigenvalue weighted by Gasteiger charge is 2.23. The molecule has 0 N–H and O–H groups in total. The Balaban J connectivity index is 0.00000158. The van der Waals surface area contributed by atoms with E-state index in [1.165, 1.54) is 89.9 Å². The highest BCUT2D eigenvalue weighted by molar-refractivity contribution is 6.08. The number of halogens is 1. The molecule has 1 aliphatic heterocycles. The lowest BCUT2D eigenvalue weighted by Crippen LogP contribution is -2.68. The van der Waals surface area contributed by atoms with Crippen LogP contribution in [0.15, 0.2) is 65.1 Å². The summed E-state index contributed by atoms with van der Waals surface area (Å²) in [6, 6.07) is 20.8. The largest absolute Gasteiger partial charge is 0.462 e. The molecule has 0 unspecified atom stereocenters. The summed E-state index contributed by atoms with van der Waals surface area (Å²) in [7, 11) is -4.94. The van der Waals surface area contributed by atoms with Crippen LogP contribution in [-0.4, -0.2) is 38.8 Å². The second-order valence-electron chi connectivity index (χ2n) is 14.5.